The summed E-state index contributed by atoms with van der Waals surface area (Å²) in [5.41, 5.74) is 1.69. The predicted octanol–water partition coefficient (Wildman–Crippen LogP) is 2.79. The van der Waals surface area contributed by atoms with Crippen molar-refractivity contribution >= 4 is 29.3 Å². The van der Waals surface area contributed by atoms with Crippen molar-refractivity contribution in [1.29, 1.82) is 0 Å². The van der Waals surface area contributed by atoms with E-state index in [-0.39, 0.29) is 18.2 Å². The topological polar surface area (TPSA) is 66.4 Å². The van der Waals surface area contributed by atoms with E-state index in [1.54, 1.807) is 0 Å². The van der Waals surface area contributed by atoms with Crippen LogP contribution in [-0.4, -0.2) is 28.5 Å². The first-order chi connectivity index (χ1) is 9.65. The Balaban J connectivity index is 1.93. The fourth-order valence-corrected chi connectivity index (χ4v) is 3.37. The summed E-state index contributed by atoms with van der Waals surface area (Å²) in [5, 5.41) is 11.6. The monoisotopic (exact) mass is 293 g/mol. The Morgan fingerprint density at radius 3 is 2.75 bits per heavy atom. The van der Waals surface area contributed by atoms with Crippen molar-refractivity contribution in [3.8, 4) is 0 Å². The van der Waals surface area contributed by atoms with Crippen LogP contribution in [0.15, 0.2) is 24.3 Å². The first-order valence-electron chi connectivity index (χ1n) is 6.84. The average molecular weight is 293 g/mol. The van der Waals surface area contributed by atoms with Gasteiger partial charge in [0.1, 0.15) is 0 Å². The molecule has 1 saturated heterocycles. The fourth-order valence-electron chi connectivity index (χ4n) is 2.26. The van der Waals surface area contributed by atoms with Gasteiger partial charge >= 0.3 is 5.97 Å². The van der Waals surface area contributed by atoms with Crippen LogP contribution in [0, 0.1) is 5.92 Å². The van der Waals surface area contributed by atoms with E-state index in [1.807, 2.05) is 36.0 Å². The molecule has 0 spiro atoms. The molecular weight excluding hydrogens is 274 g/mol. The van der Waals surface area contributed by atoms with Crippen LogP contribution in [0.25, 0.3) is 0 Å². The van der Waals surface area contributed by atoms with E-state index in [0.29, 0.717) is 6.42 Å². The lowest BCUT2D eigenvalue weighted by atomic mass is 10.0. The number of nitrogens with one attached hydrogen (secondary N) is 1. The van der Waals surface area contributed by atoms with Gasteiger partial charge in [-0.1, -0.05) is 12.1 Å². The minimum Gasteiger partial charge on any atom is -0.481 e. The van der Waals surface area contributed by atoms with Crippen molar-refractivity contribution < 1.29 is 14.7 Å². The molecule has 4 nitrogen and oxygen atoms in total. The van der Waals surface area contributed by atoms with Crippen molar-refractivity contribution in [2.24, 2.45) is 5.92 Å². The van der Waals surface area contributed by atoms with Crippen LogP contribution in [0.1, 0.15) is 24.8 Å². The van der Waals surface area contributed by atoms with Crippen LogP contribution in [0.5, 0.6) is 0 Å². The summed E-state index contributed by atoms with van der Waals surface area (Å²) < 4.78 is 0. The zero-order chi connectivity index (χ0) is 14.4. The van der Waals surface area contributed by atoms with Crippen molar-refractivity contribution in [1.82, 2.24) is 0 Å². The molecule has 1 aliphatic rings. The van der Waals surface area contributed by atoms with Crippen LogP contribution < -0.4 is 5.32 Å². The predicted molar refractivity (Wildman–Crippen MR) is 81.1 cm³/mol. The Bertz CT molecular complexity index is 484. The molecule has 2 rings (SSSR count). The summed E-state index contributed by atoms with van der Waals surface area (Å²) in [6.07, 6.45) is 2.47. The number of carboxylic acids is 1. The summed E-state index contributed by atoms with van der Waals surface area (Å²) in [6, 6.07) is 7.44. The molecule has 108 valence electrons. The first kappa shape index (κ1) is 14.9. The van der Waals surface area contributed by atoms with Crippen LogP contribution in [0.2, 0.25) is 0 Å². The molecule has 0 saturated carbocycles. The van der Waals surface area contributed by atoms with Crippen LogP contribution in [-0.2, 0) is 16.0 Å². The van der Waals surface area contributed by atoms with E-state index in [0.717, 1.165) is 35.6 Å². The van der Waals surface area contributed by atoms with Gasteiger partial charge in [0, 0.05) is 18.0 Å². The zero-order valence-corrected chi connectivity index (χ0v) is 12.1. The molecule has 2 N–H and O–H groups in total. The lowest BCUT2D eigenvalue weighted by Crippen LogP contribution is -2.26. The van der Waals surface area contributed by atoms with Gasteiger partial charge in [0.15, 0.2) is 0 Å². The maximum atomic E-state index is 12.1. The molecule has 1 aromatic carbocycles. The lowest BCUT2D eigenvalue weighted by Gasteiger charge is -2.20. The van der Waals surface area contributed by atoms with Gasteiger partial charge in [-0.15, -0.1) is 0 Å². The van der Waals surface area contributed by atoms with Crippen molar-refractivity contribution in [2.75, 3.05) is 16.8 Å². The molecule has 1 aliphatic heterocycles. The number of carbonyl (C=O) groups excluding carboxylic acids is 1. The number of benzene rings is 1. The lowest BCUT2D eigenvalue weighted by molar-refractivity contribution is -0.137. The highest BCUT2D eigenvalue weighted by molar-refractivity contribution is 7.99. The van der Waals surface area contributed by atoms with E-state index >= 15 is 0 Å². The maximum Gasteiger partial charge on any atom is 0.303 e. The van der Waals surface area contributed by atoms with Crippen molar-refractivity contribution in [2.45, 2.75) is 25.7 Å². The number of hydrogen-bond donors (Lipinski definition) is 2. The van der Waals surface area contributed by atoms with Crippen LogP contribution in [0.3, 0.4) is 0 Å². The quantitative estimate of drug-likeness (QED) is 0.876. The summed E-state index contributed by atoms with van der Waals surface area (Å²) in [6.45, 7) is 0. The van der Waals surface area contributed by atoms with Crippen molar-refractivity contribution in [3.63, 3.8) is 0 Å². The maximum absolute atomic E-state index is 12.1. The Morgan fingerprint density at radius 1 is 1.30 bits per heavy atom. The average Bonchev–Trinajstić information content (AvgIpc) is 2.46. The smallest absolute Gasteiger partial charge is 0.303 e. The second-order valence-corrected chi connectivity index (χ2v) is 6.19. The normalized spacial score (nSPS) is 15.8. The Morgan fingerprint density at radius 2 is 2.05 bits per heavy atom. The number of aliphatic carboxylic acids is 1. The Labute approximate surface area is 123 Å². The number of carboxylic acid groups (broad SMARTS) is 1. The molecule has 0 radical (unpaired) electrons. The van der Waals surface area contributed by atoms with Gasteiger partial charge in [-0.25, -0.2) is 0 Å². The molecule has 1 amide bonds. The van der Waals surface area contributed by atoms with E-state index in [4.69, 9.17) is 5.11 Å². The number of rotatable bonds is 5. The number of thioether (sulfide) groups is 1. The Hall–Kier alpha value is -1.49. The minimum absolute atomic E-state index is 0.0840. The molecule has 1 aromatic rings. The highest BCUT2D eigenvalue weighted by Gasteiger charge is 2.21. The largest absolute Gasteiger partial charge is 0.481 e. The molecule has 1 fully saturated rings. The van der Waals surface area contributed by atoms with E-state index < -0.39 is 5.97 Å². The fraction of sp³-hybridized carbons (Fsp3) is 0.467. The number of carbonyl (C=O) groups is 2. The van der Waals surface area contributed by atoms with Gasteiger partial charge in [-0.05, 0) is 48.5 Å². The number of hydrogen-bond acceptors (Lipinski definition) is 3. The van der Waals surface area contributed by atoms with Gasteiger partial charge in [-0.3, -0.25) is 9.59 Å². The third-order valence-corrected chi connectivity index (χ3v) is 4.46. The molecule has 5 heteroatoms. The molecule has 20 heavy (non-hydrogen) atoms. The third-order valence-electron chi connectivity index (χ3n) is 3.41. The van der Waals surface area contributed by atoms with Gasteiger partial charge in [0.2, 0.25) is 5.91 Å². The summed E-state index contributed by atoms with van der Waals surface area (Å²) >= 11 is 1.90. The first-order valence-corrected chi connectivity index (χ1v) is 8.00. The minimum atomic E-state index is -0.806. The SMILES string of the molecule is O=C(O)CCc1cccc(NC(=O)C2CCSCC2)c1. The standard InChI is InChI=1S/C15H19NO3S/c17-14(18)5-4-11-2-1-3-13(10-11)16-15(19)12-6-8-20-9-7-12/h1-3,10,12H,4-9H2,(H,16,19)(H,17,18). The van der Waals surface area contributed by atoms with Gasteiger partial charge in [0.05, 0.1) is 0 Å². The number of amides is 1. The molecule has 0 atom stereocenters. The second kappa shape index (κ2) is 7.33. The molecule has 0 aliphatic carbocycles. The molecule has 0 aromatic heterocycles. The van der Waals surface area contributed by atoms with Gasteiger partial charge in [-0.2, -0.15) is 11.8 Å². The third kappa shape index (κ3) is 4.56. The molecular formula is C15H19NO3S. The highest BCUT2D eigenvalue weighted by atomic mass is 32.2. The molecule has 0 bridgehead atoms. The van der Waals surface area contributed by atoms with Gasteiger partial charge < -0.3 is 10.4 Å². The molecule has 0 unspecified atom stereocenters. The van der Waals surface area contributed by atoms with E-state index in [2.05, 4.69) is 5.32 Å². The highest BCUT2D eigenvalue weighted by Crippen LogP contribution is 2.24. The van der Waals surface area contributed by atoms with Crippen LogP contribution in [0.4, 0.5) is 5.69 Å². The summed E-state index contributed by atoms with van der Waals surface area (Å²) in [5.74, 6) is 1.49. The molecule has 1 heterocycles. The number of aryl methyl sites for hydroxylation is 1. The van der Waals surface area contributed by atoms with Crippen LogP contribution >= 0.6 is 11.8 Å². The van der Waals surface area contributed by atoms with Crippen molar-refractivity contribution in [3.05, 3.63) is 29.8 Å². The zero-order valence-electron chi connectivity index (χ0n) is 11.3. The van der Waals surface area contributed by atoms with E-state index in [1.165, 1.54) is 0 Å². The second-order valence-electron chi connectivity index (χ2n) is 4.97. The number of anilines is 1. The Kier molecular flexibility index (Phi) is 5.47. The summed E-state index contributed by atoms with van der Waals surface area (Å²) in [4.78, 5) is 22.7. The van der Waals surface area contributed by atoms with E-state index in [9.17, 15) is 9.59 Å². The van der Waals surface area contributed by atoms with Gasteiger partial charge in [0.25, 0.3) is 0 Å². The summed E-state index contributed by atoms with van der Waals surface area (Å²) in [7, 11) is 0.